The summed E-state index contributed by atoms with van der Waals surface area (Å²) in [5.74, 6) is -1.01. The Kier molecular flexibility index (Phi) is 6.05. The van der Waals surface area contributed by atoms with Crippen LogP contribution in [0.2, 0.25) is 5.02 Å². The lowest BCUT2D eigenvalue weighted by atomic mass is 10.0. The molecule has 1 N–H and O–H groups in total. The molecule has 5 nitrogen and oxygen atoms in total. The number of halogens is 1. The Morgan fingerprint density at radius 1 is 1.15 bits per heavy atom. The maximum absolute atomic E-state index is 12.3. The normalized spacial score (nSPS) is 10.6. The average molecular weight is 421 g/mol. The highest BCUT2D eigenvalue weighted by atomic mass is 35.5. The summed E-state index contributed by atoms with van der Waals surface area (Å²) in [6, 6.07) is 8.47. The first-order valence-electron chi connectivity index (χ1n) is 7.76. The van der Waals surface area contributed by atoms with Crippen molar-refractivity contribution in [3.8, 4) is 16.9 Å². The molecule has 0 spiro atoms. The Morgan fingerprint density at radius 2 is 1.89 bits per heavy atom. The fourth-order valence-corrected chi connectivity index (χ4v) is 4.34. The van der Waals surface area contributed by atoms with E-state index in [1.54, 1.807) is 41.1 Å². The van der Waals surface area contributed by atoms with Gasteiger partial charge in [-0.05, 0) is 34.5 Å². The van der Waals surface area contributed by atoms with E-state index in [4.69, 9.17) is 16.3 Å². The van der Waals surface area contributed by atoms with Gasteiger partial charge in [-0.1, -0.05) is 23.7 Å². The number of hydrogen-bond donors (Lipinski definition) is 1. The molecule has 0 aliphatic heterocycles. The minimum Gasteiger partial charge on any atom is -0.484 e. The molecule has 0 bridgehead atoms. The van der Waals surface area contributed by atoms with Gasteiger partial charge >= 0.3 is 5.97 Å². The quantitative estimate of drug-likeness (QED) is 0.528. The molecule has 0 saturated carbocycles. The number of rotatable bonds is 8. The number of carbonyl (C=O) groups excluding carboxylic acids is 2. The second-order valence-electron chi connectivity index (χ2n) is 5.53. The van der Waals surface area contributed by atoms with Gasteiger partial charge in [-0.15, -0.1) is 22.7 Å². The largest absolute Gasteiger partial charge is 0.484 e. The number of hydrogen-bond acceptors (Lipinski definition) is 6. The highest BCUT2D eigenvalue weighted by Gasteiger charge is 2.21. The van der Waals surface area contributed by atoms with Gasteiger partial charge in [-0.25, -0.2) is 4.79 Å². The van der Waals surface area contributed by atoms with Crippen molar-refractivity contribution in [2.24, 2.45) is 0 Å². The predicted molar refractivity (Wildman–Crippen MR) is 106 cm³/mol. The number of carboxylic acid groups (broad SMARTS) is 1. The summed E-state index contributed by atoms with van der Waals surface area (Å²) in [7, 11) is 0. The summed E-state index contributed by atoms with van der Waals surface area (Å²) in [4.78, 5) is 35.8. The topological polar surface area (TPSA) is 80.7 Å². The van der Waals surface area contributed by atoms with Gasteiger partial charge in [0, 0.05) is 21.9 Å². The van der Waals surface area contributed by atoms with Crippen LogP contribution in [0.4, 0.5) is 0 Å². The molecule has 8 heteroatoms. The van der Waals surface area contributed by atoms with Crippen LogP contribution in [0.1, 0.15) is 24.9 Å². The van der Waals surface area contributed by atoms with E-state index in [0.29, 0.717) is 32.4 Å². The number of benzene rings is 1. The third-order valence-electron chi connectivity index (χ3n) is 3.75. The molecule has 0 aliphatic rings. The van der Waals surface area contributed by atoms with Crippen LogP contribution in [0, 0.1) is 0 Å². The van der Waals surface area contributed by atoms with E-state index in [1.165, 1.54) is 22.7 Å². The van der Waals surface area contributed by atoms with Crippen molar-refractivity contribution < 1.29 is 24.2 Å². The molecular formula is C19H13ClO5S2. The van der Waals surface area contributed by atoms with Crippen molar-refractivity contribution in [1.29, 1.82) is 0 Å². The standard InChI is InChI=1S/C19H13ClO5S2/c20-12-3-1-11(2-4-12)14-10-27-16(18(14)19(23)24)7-13(22)9-25-15-5-6-26-17(15)8-21/h1-6,8,10H,7,9H2,(H,23,24). The molecule has 3 aromatic rings. The zero-order chi connectivity index (χ0) is 19.4. The van der Waals surface area contributed by atoms with Gasteiger partial charge < -0.3 is 9.84 Å². The first-order chi connectivity index (χ1) is 13.0. The molecule has 2 aromatic heterocycles. The number of ether oxygens (including phenoxy) is 1. The van der Waals surface area contributed by atoms with E-state index in [1.807, 2.05) is 0 Å². The molecule has 0 unspecified atom stereocenters. The summed E-state index contributed by atoms with van der Waals surface area (Å²) in [6.45, 7) is -0.231. The monoisotopic (exact) mass is 420 g/mol. The third-order valence-corrected chi connectivity index (χ3v) is 5.81. The smallest absolute Gasteiger partial charge is 0.337 e. The van der Waals surface area contributed by atoms with E-state index in [9.17, 15) is 19.5 Å². The Labute approximate surface area is 167 Å². The zero-order valence-corrected chi connectivity index (χ0v) is 16.2. The van der Waals surface area contributed by atoms with Crippen LogP contribution in [0.15, 0.2) is 41.1 Å². The second-order valence-corrected chi connectivity index (χ2v) is 7.88. The van der Waals surface area contributed by atoms with Crippen molar-refractivity contribution in [2.45, 2.75) is 6.42 Å². The van der Waals surface area contributed by atoms with E-state index in [2.05, 4.69) is 0 Å². The van der Waals surface area contributed by atoms with Gasteiger partial charge in [0.2, 0.25) is 0 Å². The van der Waals surface area contributed by atoms with Crippen molar-refractivity contribution >= 4 is 52.3 Å². The summed E-state index contributed by atoms with van der Waals surface area (Å²) in [5.41, 5.74) is 1.38. The van der Waals surface area contributed by atoms with Crippen molar-refractivity contribution in [1.82, 2.24) is 0 Å². The summed E-state index contributed by atoms with van der Waals surface area (Å²) >= 11 is 8.32. The second kappa shape index (κ2) is 8.47. The number of Topliss-reactive ketones (excluding diaryl/α,β-unsaturated/α-hetero) is 1. The Bertz CT molecular complexity index is 988. The fourth-order valence-electron chi connectivity index (χ4n) is 2.51. The van der Waals surface area contributed by atoms with Crippen molar-refractivity contribution in [2.75, 3.05) is 6.61 Å². The summed E-state index contributed by atoms with van der Waals surface area (Å²) < 4.78 is 5.38. The lowest BCUT2D eigenvalue weighted by Gasteiger charge is -2.06. The molecule has 0 fully saturated rings. The number of ketones is 1. The highest BCUT2D eigenvalue weighted by molar-refractivity contribution is 7.12. The van der Waals surface area contributed by atoms with Crippen LogP contribution in [0.3, 0.4) is 0 Å². The molecule has 1 aromatic carbocycles. The lowest BCUT2D eigenvalue weighted by molar-refractivity contribution is -0.120. The Morgan fingerprint density at radius 3 is 2.56 bits per heavy atom. The molecule has 3 rings (SSSR count). The van der Waals surface area contributed by atoms with Crippen LogP contribution in [0.5, 0.6) is 5.75 Å². The third kappa shape index (κ3) is 4.44. The van der Waals surface area contributed by atoms with E-state index in [-0.39, 0.29) is 24.4 Å². The average Bonchev–Trinajstić information content (AvgIpc) is 3.27. The van der Waals surface area contributed by atoms with Gasteiger partial charge in [0.15, 0.2) is 12.1 Å². The minimum atomic E-state index is -1.09. The first-order valence-corrected chi connectivity index (χ1v) is 9.90. The van der Waals surface area contributed by atoms with Gasteiger partial charge in [-0.3, -0.25) is 9.59 Å². The molecule has 0 aliphatic carbocycles. The van der Waals surface area contributed by atoms with Crippen molar-refractivity contribution in [3.05, 3.63) is 61.4 Å². The van der Waals surface area contributed by atoms with Gasteiger partial charge in [-0.2, -0.15) is 0 Å². The predicted octanol–water partition coefficient (Wildman–Crippen LogP) is 4.83. The first kappa shape index (κ1) is 19.3. The van der Waals surface area contributed by atoms with Crippen LogP contribution in [-0.2, 0) is 11.2 Å². The molecule has 138 valence electrons. The van der Waals surface area contributed by atoms with Crippen LogP contribution in [0.25, 0.3) is 11.1 Å². The molecular weight excluding hydrogens is 408 g/mol. The number of thiophene rings is 2. The van der Waals surface area contributed by atoms with Crippen molar-refractivity contribution in [3.63, 3.8) is 0 Å². The molecule has 2 heterocycles. The van der Waals surface area contributed by atoms with Gasteiger partial charge in [0.05, 0.1) is 5.56 Å². The van der Waals surface area contributed by atoms with Gasteiger partial charge in [0.25, 0.3) is 0 Å². The lowest BCUT2D eigenvalue weighted by Crippen LogP contribution is -2.15. The summed E-state index contributed by atoms with van der Waals surface area (Å²) in [5, 5.41) is 13.6. The van der Waals surface area contributed by atoms with Gasteiger partial charge in [0.1, 0.15) is 17.2 Å². The molecule has 0 saturated heterocycles. The molecule has 0 amide bonds. The maximum Gasteiger partial charge on any atom is 0.337 e. The fraction of sp³-hybridized carbons (Fsp3) is 0.105. The van der Waals surface area contributed by atoms with Crippen LogP contribution >= 0.6 is 34.3 Å². The van der Waals surface area contributed by atoms with E-state index in [0.717, 1.165) is 5.56 Å². The molecule has 27 heavy (non-hydrogen) atoms. The number of carboxylic acids is 1. The minimum absolute atomic E-state index is 0.0551. The number of carbonyl (C=O) groups is 3. The summed E-state index contributed by atoms with van der Waals surface area (Å²) in [6.07, 6.45) is 0.616. The van der Waals surface area contributed by atoms with Crippen LogP contribution in [-0.4, -0.2) is 29.8 Å². The van der Waals surface area contributed by atoms with E-state index >= 15 is 0 Å². The molecule has 0 atom stereocenters. The maximum atomic E-state index is 12.3. The number of aldehydes is 1. The van der Waals surface area contributed by atoms with Crippen LogP contribution < -0.4 is 4.74 Å². The zero-order valence-electron chi connectivity index (χ0n) is 13.8. The molecule has 0 radical (unpaired) electrons. The van der Waals surface area contributed by atoms with E-state index < -0.39 is 5.97 Å². The highest BCUT2D eigenvalue weighted by Crippen LogP contribution is 2.33. The number of aromatic carboxylic acids is 1. The Hall–Kier alpha value is -2.48. The Balaban J connectivity index is 1.76. The SMILES string of the molecule is O=Cc1sccc1OCC(=O)Cc1scc(-c2ccc(Cl)cc2)c1C(=O)O.